The van der Waals surface area contributed by atoms with Gasteiger partial charge in [-0.1, -0.05) is 11.2 Å². The molecular weight excluding hydrogens is 414 g/mol. The van der Waals surface area contributed by atoms with E-state index in [0.717, 1.165) is 11.1 Å². The van der Waals surface area contributed by atoms with Gasteiger partial charge in [0, 0.05) is 5.56 Å². The van der Waals surface area contributed by atoms with Crippen molar-refractivity contribution in [2.45, 2.75) is 20.5 Å². The molecule has 0 atom stereocenters. The lowest BCUT2D eigenvalue weighted by molar-refractivity contribution is -0.119. The Morgan fingerprint density at radius 3 is 2.25 bits per heavy atom. The number of amidine groups is 1. The van der Waals surface area contributed by atoms with Gasteiger partial charge in [0.15, 0.2) is 12.4 Å². The maximum atomic E-state index is 12.2. The molecule has 0 unspecified atom stereocenters. The Kier molecular flexibility index (Phi) is 7.12. The van der Waals surface area contributed by atoms with Gasteiger partial charge in [0.2, 0.25) is 5.76 Å². The maximum absolute atomic E-state index is 12.2. The molecule has 0 saturated carbocycles. The van der Waals surface area contributed by atoms with Crippen LogP contribution in [-0.2, 0) is 16.2 Å². The largest absolute Gasteiger partial charge is 0.486 e. The normalized spacial score (nSPS) is 11.1. The summed E-state index contributed by atoms with van der Waals surface area (Å²) < 4.78 is 16.3. The SMILES string of the molecule is Cc1cc(C)cc(OCc2ccc(C(=O)O/N=C(\N)c3ccc(OCC(N)=O)cc3)o2)c1. The van der Waals surface area contributed by atoms with E-state index in [4.69, 9.17) is 30.2 Å². The van der Waals surface area contributed by atoms with Gasteiger partial charge in [0.05, 0.1) is 0 Å². The van der Waals surface area contributed by atoms with Gasteiger partial charge >= 0.3 is 5.97 Å². The maximum Gasteiger partial charge on any atom is 0.400 e. The van der Waals surface area contributed by atoms with E-state index >= 15 is 0 Å². The van der Waals surface area contributed by atoms with Crippen molar-refractivity contribution in [3.05, 3.63) is 82.8 Å². The molecule has 0 spiro atoms. The van der Waals surface area contributed by atoms with Gasteiger partial charge in [0.25, 0.3) is 5.91 Å². The minimum Gasteiger partial charge on any atom is -0.486 e. The smallest absolute Gasteiger partial charge is 0.400 e. The number of primary amides is 1. The average Bonchev–Trinajstić information content (AvgIpc) is 3.23. The highest BCUT2D eigenvalue weighted by atomic mass is 16.7. The molecule has 0 aliphatic carbocycles. The number of nitrogens with zero attached hydrogens (tertiary/aromatic N) is 1. The third-order valence-electron chi connectivity index (χ3n) is 4.20. The van der Waals surface area contributed by atoms with Crippen LogP contribution in [0, 0.1) is 13.8 Å². The minimum atomic E-state index is -0.799. The monoisotopic (exact) mass is 437 g/mol. The first-order valence-corrected chi connectivity index (χ1v) is 9.66. The molecule has 0 bridgehead atoms. The molecule has 9 nitrogen and oxygen atoms in total. The predicted octanol–water partition coefficient (Wildman–Crippen LogP) is 2.82. The van der Waals surface area contributed by atoms with Crippen LogP contribution in [0.3, 0.4) is 0 Å². The summed E-state index contributed by atoms with van der Waals surface area (Å²) in [6, 6.07) is 15.3. The molecule has 1 aromatic heterocycles. The number of hydrogen-bond acceptors (Lipinski definition) is 7. The third kappa shape index (κ3) is 6.36. The molecule has 9 heteroatoms. The Bertz CT molecular complexity index is 1110. The van der Waals surface area contributed by atoms with Crippen molar-refractivity contribution < 1.29 is 28.3 Å². The Labute approximate surface area is 184 Å². The minimum absolute atomic E-state index is 0.0234. The summed E-state index contributed by atoms with van der Waals surface area (Å²) in [6.45, 7) is 3.89. The zero-order valence-electron chi connectivity index (χ0n) is 17.7. The van der Waals surface area contributed by atoms with E-state index in [1.807, 2.05) is 32.0 Å². The Hall–Kier alpha value is -4.27. The molecule has 2 aromatic carbocycles. The molecule has 3 rings (SSSR count). The molecular formula is C23H23N3O6. The highest BCUT2D eigenvalue weighted by Crippen LogP contribution is 2.19. The molecule has 4 N–H and O–H groups in total. The van der Waals surface area contributed by atoms with E-state index < -0.39 is 11.9 Å². The van der Waals surface area contributed by atoms with Crippen molar-refractivity contribution in [2.24, 2.45) is 16.6 Å². The fourth-order valence-corrected chi connectivity index (χ4v) is 2.80. The molecule has 32 heavy (non-hydrogen) atoms. The molecule has 0 radical (unpaired) electrons. The second-order valence-electron chi connectivity index (χ2n) is 7.01. The lowest BCUT2D eigenvalue weighted by atomic mass is 10.1. The molecule has 0 aliphatic rings. The first-order chi connectivity index (χ1) is 15.3. The van der Waals surface area contributed by atoms with Crippen molar-refractivity contribution in [1.82, 2.24) is 0 Å². The predicted molar refractivity (Wildman–Crippen MR) is 116 cm³/mol. The first-order valence-electron chi connectivity index (χ1n) is 9.66. The number of amides is 1. The van der Waals surface area contributed by atoms with Gasteiger partial charge in [-0.25, -0.2) is 4.79 Å². The van der Waals surface area contributed by atoms with Gasteiger partial charge in [-0.2, -0.15) is 0 Å². The molecule has 0 fully saturated rings. The second-order valence-corrected chi connectivity index (χ2v) is 7.01. The number of rotatable bonds is 9. The van der Waals surface area contributed by atoms with Crippen LogP contribution in [0.2, 0.25) is 0 Å². The Morgan fingerprint density at radius 1 is 0.906 bits per heavy atom. The van der Waals surface area contributed by atoms with Crippen LogP contribution < -0.4 is 20.9 Å². The summed E-state index contributed by atoms with van der Waals surface area (Å²) in [5.41, 5.74) is 13.5. The summed E-state index contributed by atoms with van der Waals surface area (Å²) in [5.74, 6) is 0.169. The highest BCUT2D eigenvalue weighted by Gasteiger charge is 2.14. The number of aryl methyl sites for hydroxylation is 2. The van der Waals surface area contributed by atoms with E-state index in [1.165, 1.54) is 6.07 Å². The van der Waals surface area contributed by atoms with Gasteiger partial charge in [-0.3, -0.25) is 4.79 Å². The highest BCUT2D eigenvalue weighted by molar-refractivity contribution is 5.98. The van der Waals surface area contributed by atoms with Gasteiger partial charge in [-0.05, 0) is 73.5 Å². The average molecular weight is 437 g/mol. The molecule has 0 aliphatic heterocycles. The Balaban J connectivity index is 1.54. The molecule has 3 aromatic rings. The van der Waals surface area contributed by atoms with Crippen LogP contribution in [0.15, 0.2) is 64.2 Å². The number of hydrogen-bond donors (Lipinski definition) is 2. The van der Waals surface area contributed by atoms with Crippen molar-refractivity contribution in [2.75, 3.05) is 6.61 Å². The van der Waals surface area contributed by atoms with Gasteiger partial charge < -0.3 is 30.2 Å². The van der Waals surface area contributed by atoms with E-state index in [0.29, 0.717) is 22.8 Å². The number of carbonyl (C=O) groups excluding carboxylic acids is 2. The number of benzene rings is 2. The van der Waals surface area contributed by atoms with E-state index in [-0.39, 0.29) is 24.8 Å². The fourth-order valence-electron chi connectivity index (χ4n) is 2.80. The lowest BCUT2D eigenvalue weighted by Gasteiger charge is -2.06. The van der Waals surface area contributed by atoms with Crippen LogP contribution in [0.5, 0.6) is 11.5 Å². The van der Waals surface area contributed by atoms with Crippen molar-refractivity contribution in [3.8, 4) is 11.5 Å². The number of ether oxygens (including phenoxy) is 2. The molecule has 1 heterocycles. The summed E-state index contributed by atoms with van der Waals surface area (Å²) in [6.07, 6.45) is 0. The standard InChI is InChI=1S/C23H23N3O6/c1-14-9-15(2)11-19(10-14)29-12-18-7-8-20(31-18)23(28)32-26-22(25)16-3-5-17(6-4-16)30-13-21(24)27/h3-11H,12-13H2,1-2H3,(H2,24,27)(H2,25,26). The van der Waals surface area contributed by atoms with E-state index in [2.05, 4.69) is 5.16 Å². The van der Waals surface area contributed by atoms with E-state index in [1.54, 1.807) is 30.3 Å². The first kappa shape index (κ1) is 22.4. The quantitative estimate of drug-likeness (QED) is 0.227. The molecule has 1 amide bonds. The van der Waals surface area contributed by atoms with Crippen LogP contribution in [0.25, 0.3) is 0 Å². The zero-order valence-corrected chi connectivity index (χ0v) is 17.7. The Morgan fingerprint density at radius 2 is 1.59 bits per heavy atom. The van der Waals surface area contributed by atoms with Crippen molar-refractivity contribution in [1.29, 1.82) is 0 Å². The summed E-state index contributed by atoms with van der Waals surface area (Å²) in [7, 11) is 0. The number of nitrogens with two attached hydrogens (primary N) is 2. The van der Waals surface area contributed by atoms with Crippen LogP contribution >= 0.6 is 0 Å². The summed E-state index contributed by atoms with van der Waals surface area (Å²) in [5, 5.41) is 3.64. The van der Waals surface area contributed by atoms with Crippen LogP contribution in [0.1, 0.15) is 33.0 Å². The van der Waals surface area contributed by atoms with Crippen LogP contribution in [-0.4, -0.2) is 24.3 Å². The zero-order chi connectivity index (χ0) is 23.1. The van der Waals surface area contributed by atoms with Crippen LogP contribution in [0.4, 0.5) is 0 Å². The van der Waals surface area contributed by atoms with Gasteiger partial charge in [0.1, 0.15) is 23.9 Å². The lowest BCUT2D eigenvalue weighted by Crippen LogP contribution is -2.20. The third-order valence-corrected chi connectivity index (χ3v) is 4.20. The number of furan rings is 1. The van der Waals surface area contributed by atoms with Crippen molar-refractivity contribution >= 4 is 17.7 Å². The fraction of sp³-hybridized carbons (Fsp3) is 0.174. The van der Waals surface area contributed by atoms with Gasteiger partial charge in [-0.15, -0.1) is 0 Å². The molecule has 0 saturated heterocycles. The second kappa shape index (κ2) is 10.2. The number of carbonyl (C=O) groups is 2. The van der Waals surface area contributed by atoms with Crippen molar-refractivity contribution in [3.63, 3.8) is 0 Å². The topological polar surface area (TPSA) is 139 Å². The summed E-state index contributed by atoms with van der Waals surface area (Å²) >= 11 is 0. The summed E-state index contributed by atoms with van der Waals surface area (Å²) in [4.78, 5) is 27.8. The van der Waals surface area contributed by atoms with E-state index in [9.17, 15) is 9.59 Å². The molecule has 166 valence electrons. The number of oxime groups is 1.